The molecule has 1 aliphatic rings. The Morgan fingerprint density at radius 1 is 1.17 bits per heavy atom. The summed E-state index contributed by atoms with van der Waals surface area (Å²) in [7, 11) is 1.60. The molecular weight excluding hydrogens is 308 g/mol. The van der Waals surface area contributed by atoms with Gasteiger partial charge in [0.05, 0.1) is 6.07 Å². The number of likely N-dealkylation sites (N-methyl/N-ethyl adjacent to an activating group) is 1. The number of amides is 1. The van der Waals surface area contributed by atoms with Gasteiger partial charge in [0.15, 0.2) is 13.2 Å². The molecule has 1 saturated carbocycles. The summed E-state index contributed by atoms with van der Waals surface area (Å²) in [6.07, 6.45) is 4.26. The van der Waals surface area contributed by atoms with Gasteiger partial charge < -0.3 is 14.4 Å². The van der Waals surface area contributed by atoms with Crippen molar-refractivity contribution in [3.8, 4) is 11.8 Å². The summed E-state index contributed by atoms with van der Waals surface area (Å²) in [6.45, 7) is -0.638. The summed E-state index contributed by atoms with van der Waals surface area (Å²) in [4.78, 5) is 25.4. The van der Waals surface area contributed by atoms with Crippen molar-refractivity contribution in [2.45, 2.75) is 37.6 Å². The Kier molecular flexibility index (Phi) is 6.19. The maximum Gasteiger partial charge on any atom is 0.344 e. The molecule has 1 fully saturated rings. The Morgan fingerprint density at radius 2 is 1.83 bits per heavy atom. The van der Waals surface area contributed by atoms with Crippen molar-refractivity contribution in [2.24, 2.45) is 0 Å². The Bertz CT molecular complexity index is 603. The van der Waals surface area contributed by atoms with Crippen LogP contribution in [0.4, 0.5) is 0 Å². The van der Waals surface area contributed by atoms with Gasteiger partial charge in [-0.15, -0.1) is 0 Å². The molecule has 1 aromatic rings. The van der Waals surface area contributed by atoms with Crippen molar-refractivity contribution in [3.05, 3.63) is 30.3 Å². The van der Waals surface area contributed by atoms with E-state index in [1.165, 1.54) is 4.90 Å². The Balaban J connectivity index is 1.79. The average molecular weight is 330 g/mol. The number of carbonyl (C=O) groups is 2. The van der Waals surface area contributed by atoms with E-state index in [0.717, 1.165) is 19.3 Å². The number of hydrogen-bond donors (Lipinski definition) is 0. The Labute approximate surface area is 142 Å². The fourth-order valence-electron chi connectivity index (χ4n) is 2.84. The van der Waals surface area contributed by atoms with E-state index >= 15 is 0 Å². The van der Waals surface area contributed by atoms with Gasteiger partial charge >= 0.3 is 5.97 Å². The number of benzene rings is 1. The zero-order valence-corrected chi connectivity index (χ0v) is 13.9. The predicted molar refractivity (Wildman–Crippen MR) is 87.1 cm³/mol. The second-order valence-electron chi connectivity index (χ2n) is 5.92. The zero-order valence-electron chi connectivity index (χ0n) is 13.9. The van der Waals surface area contributed by atoms with Crippen LogP contribution in [0, 0.1) is 11.3 Å². The normalized spacial score (nSPS) is 15.8. The third-order valence-corrected chi connectivity index (χ3v) is 4.36. The molecule has 6 nitrogen and oxygen atoms in total. The zero-order chi connectivity index (χ0) is 17.4. The molecule has 0 heterocycles. The molecule has 6 heteroatoms. The predicted octanol–water partition coefficient (Wildman–Crippen LogP) is 2.29. The van der Waals surface area contributed by atoms with Crippen molar-refractivity contribution in [1.82, 2.24) is 4.90 Å². The summed E-state index contributed by atoms with van der Waals surface area (Å²) in [6, 6.07) is 11.2. The number of nitrogens with zero attached hydrogens (tertiary/aromatic N) is 2. The van der Waals surface area contributed by atoms with Crippen LogP contribution in [0.5, 0.6) is 5.75 Å². The maximum absolute atomic E-state index is 12.2. The highest BCUT2D eigenvalue weighted by Crippen LogP contribution is 2.32. The standard InChI is InChI=1S/C18H22N2O4/c1-20(18(14-19)10-6-3-7-11-18)16(21)12-24-17(22)13-23-15-8-4-2-5-9-15/h2,4-5,8-9H,3,6-7,10-13H2,1H3. The lowest BCUT2D eigenvalue weighted by molar-refractivity contribution is -0.155. The van der Waals surface area contributed by atoms with E-state index < -0.39 is 11.5 Å². The van der Waals surface area contributed by atoms with Crippen molar-refractivity contribution in [1.29, 1.82) is 5.26 Å². The summed E-state index contributed by atoms with van der Waals surface area (Å²) in [5.74, 6) is -0.426. The number of para-hydroxylation sites is 1. The lowest BCUT2D eigenvalue weighted by Gasteiger charge is -2.38. The van der Waals surface area contributed by atoms with Crippen molar-refractivity contribution >= 4 is 11.9 Å². The van der Waals surface area contributed by atoms with Crippen LogP contribution in [0.25, 0.3) is 0 Å². The van der Waals surface area contributed by atoms with Crippen LogP contribution < -0.4 is 4.74 Å². The van der Waals surface area contributed by atoms with Gasteiger partial charge in [-0.3, -0.25) is 4.79 Å². The van der Waals surface area contributed by atoms with E-state index in [2.05, 4.69) is 6.07 Å². The van der Waals surface area contributed by atoms with E-state index in [0.29, 0.717) is 18.6 Å². The second kappa shape index (κ2) is 8.34. The fraction of sp³-hybridized carbons (Fsp3) is 0.500. The minimum Gasteiger partial charge on any atom is -0.482 e. The van der Waals surface area contributed by atoms with Crippen LogP contribution in [0.1, 0.15) is 32.1 Å². The molecular formula is C18H22N2O4. The molecule has 0 unspecified atom stereocenters. The topological polar surface area (TPSA) is 79.6 Å². The molecule has 2 rings (SSSR count). The minimum atomic E-state index is -0.776. The fourth-order valence-corrected chi connectivity index (χ4v) is 2.84. The third-order valence-electron chi connectivity index (χ3n) is 4.36. The van der Waals surface area contributed by atoms with E-state index in [9.17, 15) is 14.9 Å². The van der Waals surface area contributed by atoms with Crippen LogP contribution in [-0.2, 0) is 14.3 Å². The van der Waals surface area contributed by atoms with Crippen LogP contribution in [-0.4, -0.2) is 42.6 Å². The van der Waals surface area contributed by atoms with Crippen LogP contribution in [0.3, 0.4) is 0 Å². The first kappa shape index (κ1) is 17.8. The van der Waals surface area contributed by atoms with Gasteiger partial charge in [0.2, 0.25) is 0 Å². The van der Waals surface area contributed by atoms with Crippen molar-refractivity contribution in [3.63, 3.8) is 0 Å². The van der Waals surface area contributed by atoms with E-state index in [4.69, 9.17) is 9.47 Å². The van der Waals surface area contributed by atoms with Gasteiger partial charge in [0.1, 0.15) is 11.3 Å². The quantitative estimate of drug-likeness (QED) is 0.748. The largest absolute Gasteiger partial charge is 0.482 e. The first-order valence-electron chi connectivity index (χ1n) is 8.09. The molecule has 0 spiro atoms. The van der Waals surface area contributed by atoms with Crippen LogP contribution in [0.2, 0.25) is 0 Å². The molecule has 0 N–H and O–H groups in total. The molecule has 0 aliphatic heterocycles. The number of rotatable bonds is 6. The first-order valence-corrected chi connectivity index (χ1v) is 8.09. The van der Waals surface area contributed by atoms with Crippen LogP contribution >= 0.6 is 0 Å². The number of carbonyl (C=O) groups excluding carboxylic acids is 2. The summed E-state index contributed by atoms with van der Waals surface area (Å²) in [5, 5.41) is 9.48. The van der Waals surface area contributed by atoms with Gasteiger partial charge in [-0.1, -0.05) is 37.5 Å². The van der Waals surface area contributed by atoms with Crippen LogP contribution in [0.15, 0.2) is 30.3 Å². The van der Waals surface area contributed by atoms with Gasteiger partial charge in [-0.05, 0) is 25.0 Å². The SMILES string of the molecule is CN(C(=O)COC(=O)COc1ccccc1)C1(C#N)CCCCC1. The monoisotopic (exact) mass is 330 g/mol. The number of ether oxygens (including phenoxy) is 2. The average Bonchev–Trinajstić information content (AvgIpc) is 2.65. The molecule has 24 heavy (non-hydrogen) atoms. The maximum atomic E-state index is 12.2. The highest BCUT2D eigenvalue weighted by Gasteiger charge is 2.38. The Morgan fingerprint density at radius 3 is 2.46 bits per heavy atom. The molecule has 1 amide bonds. The number of nitriles is 1. The minimum absolute atomic E-state index is 0.260. The Hall–Kier alpha value is -2.55. The van der Waals surface area contributed by atoms with Gasteiger partial charge in [-0.2, -0.15) is 5.26 Å². The highest BCUT2D eigenvalue weighted by molar-refractivity contribution is 5.81. The second-order valence-corrected chi connectivity index (χ2v) is 5.92. The molecule has 0 radical (unpaired) electrons. The molecule has 1 aliphatic carbocycles. The first-order chi connectivity index (χ1) is 11.6. The molecule has 0 atom stereocenters. The van der Waals surface area contributed by atoms with E-state index in [1.54, 1.807) is 31.3 Å². The van der Waals surface area contributed by atoms with Gasteiger partial charge in [-0.25, -0.2) is 4.79 Å². The molecule has 0 saturated heterocycles. The van der Waals surface area contributed by atoms with Crippen molar-refractivity contribution in [2.75, 3.05) is 20.3 Å². The van der Waals surface area contributed by atoms with Crippen molar-refractivity contribution < 1.29 is 19.1 Å². The molecule has 128 valence electrons. The summed E-state index contributed by atoms with van der Waals surface area (Å²) >= 11 is 0. The smallest absolute Gasteiger partial charge is 0.344 e. The third kappa shape index (κ3) is 4.48. The molecule has 0 bridgehead atoms. The number of esters is 1. The number of hydrogen-bond acceptors (Lipinski definition) is 5. The molecule has 0 aromatic heterocycles. The lowest BCUT2D eigenvalue weighted by atomic mass is 9.81. The van der Waals surface area contributed by atoms with Gasteiger partial charge in [0, 0.05) is 7.05 Å². The summed E-state index contributed by atoms with van der Waals surface area (Å²) < 4.78 is 10.2. The van der Waals surface area contributed by atoms with E-state index in [-0.39, 0.29) is 19.1 Å². The van der Waals surface area contributed by atoms with Gasteiger partial charge in [0.25, 0.3) is 5.91 Å². The summed E-state index contributed by atoms with van der Waals surface area (Å²) in [5.41, 5.74) is -0.776. The highest BCUT2D eigenvalue weighted by atomic mass is 16.6. The van der Waals surface area contributed by atoms with E-state index in [1.807, 2.05) is 6.07 Å². The lowest BCUT2D eigenvalue weighted by Crippen LogP contribution is -2.51. The molecule has 1 aromatic carbocycles.